The van der Waals surface area contributed by atoms with Crippen LogP contribution in [0.2, 0.25) is 0 Å². The highest BCUT2D eigenvalue weighted by Gasteiger charge is 2.43. The molecular formula is C43H28F7N3O3S. The van der Waals surface area contributed by atoms with Crippen molar-refractivity contribution in [3.8, 4) is 11.1 Å². The second-order valence-electron chi connectivity index (χ2n) is 12.2. The molecule has 6 nitrogen and oxygen atoms in total. The number of hydrogen-bond acceptors (Lipinski definition) is 4. The molecule has 0 bridgehead atoms. The van der Waals surface area contributed by atoms with Crippen LogP contribution in [-0.4, -0.2) is 17.7 Å². The Labute approximate surface area is 325 Å². The summed E-state index contributed by atoms with van der Waals surface area (Å²) in [5.74, 6) is -12.7. The lowest BCUT2D eigenvalue weighted by atomic mass is 10.0. The van der Waals surface area contributed by atoms with Crippen molar-refractivity contribution in [3.63, 3.8) is 0 Å². The van der Waals surface area contributed by atoms with Gasteiger partial charge in [-0.1, -0.05) is 103 Å². The fourth-order valence-electron chi connectivity index (χ4n) is 5.54. The minimum absolute atomic E-state index is 0.0776. The molecule has 14 heteroatoms. The van der Waals surface area contributed by atoms with Gasteiger partial charge < -0.3 is 16.0 Å². The molecule has 57 heavy (non-hydrogen) atoms. The second-order valence-corrected chi connectivity index (χ2v) is 13.4. The zero-order chi connectivity index (χ0) is 40.7. The molecule has 3 amide bonds. The molecule has 6 aromatic rings. The number of hydrogen-bond donors (Lipinski definition) is 3. The van der Waals surface area contributed by atoms with Gasteiger partial charge in [0, 0.05) is 16.1 Å². The van der Waals surface area contributed by atoms with Crippen molar-refractivity contribution < 1.29 is 45.1 Å². The maximum absolute atomic E-state index is 14.7. The van der Waals surface area contributed by atoms with Crippen LogP contribution >= 0.6 is 11.8 Å². The monoisotopic (exact) mass is 799 g/mol. The zero-order valence-corrected chi connectivity index (χ0v) is 30.0. The fourth-order valence-corrected chi connectivity index (χ4v) is 6.57. The van der Waals surface area contributed by atoms with Crippen LogP contribution < -0.4 is 16.0 Å². The van der Waals surface area contributed by atoms with Gasteiger partial charge in [-0.15, -0.1) is 11.8 Å². The quantitative estimate of drug-likeness (QED) is 0.0527. The van der Waals surface area contributed by atoms with E-state index in [-0.39, 0.29) is 16.9 Å². The number of thioether (sulfide) groups is 1. The van der Waals surface area contributed by atoms with Crippen LogP contribution in [-0.2, 0) is 15.8 Å². The molecule has 0 saturated carbocycles. The summed E-state index contributed by atoms with van der Waals surface area (Å²) >= 11 is 0.832. The number of amides is 3. The van der Waals surface area contributed by atoms with Crippen LogP contribution in [0.1, 0.15) is 32.3 Å². The van der Waals surface area contributed by atoms with Crippen LogP contribution in [0.5, 0.6) is 0 Å². The van der Waals surface area contributed by atoms with Crippen LogP contribution in [0.15, 0.2) is 150 Å². The minimum Gasteiger partial charge on any atom is -0.321 e. The van der Waals surface area contributed by atoms with Gasteiger partial charge in [-0.3, -0.25) is 14.4 Å². The normalized spacial score (nSPS) is 12.1. The third-order valence-electron chi connectivity index (χ3n) is 8.36. The van der Waals surface area contributed by atoms with Gasteiger partial charge in [0.2, 0.25) is 5.91 Å². The molecular weight excluding hydrogens is 772 g/mol. The van der Waals surface area contributed by atoms with Crippen molar-refractivity contribution in [1.82, 2.24) is 5.32 Å². The number of carbonyl (C=O) groups is 3. The van der Waals surface area contributed by atoms with E-state index < -0.39 is 63.7 Å². The Balaban J connectivity index is 1.22. The number of anilines is 2. The summed E-state index contributed by atoms with van der Waals surface area (Å²) in [5.41, 5.74) is -1.16. The Kier molecular flexibility index (Phi) is 12.2. The third-order valence-corrected chi connectivity index (χ3v) is 9.63. The summed E-state index contributed by atoms with van der Waals surface area (Å²) < 4.78 is 97.3. The molecule has 6 rings (SSSR count). The third kappa shape index (κ3) is 9.59. The standard InChI is InChI=1S/C43H28F7N3O3S/c44-34-33(43(48,49)50)35(45)37(47)38(36(34)46)53-42(56)39(28-12-6-2-7-13-28)57-31-22-20-30(21-23-31)51-41(55)32(52-40(54)29-14-8-3-9-15-29)24-25-16-18-27(19-17-25)26-10-4-1-5-11-26/h1-24,39H,(H,51,55)(H,52,54)(H,53,56)/b32-24-. The summed E-state index contributed by atoms with van der Waals surface area (Å²) in [6.45, 7) is 0. The highest BCUT2D eigenvalue weighted by Crippen LogP contribution is 2.41. The molecule has 0 aliphatic rings. The average molecular weight is 800 g/mol. The fraction of sp³-hybridized carbons (Fsp3) is 0.0465. The molecule has 0 heterocycles. The molecule has 1 atom stereocenters. The van der Waals surface area contributed by atoms with E-state index >= 15 is 0 Å². The zero-order valence-electron chi connectivity index (χ0n) is 29.2. The first kappa shape index (κ1) is 40.0. The van der Waals surface area contributed by atoms with E-state index in [0.717, 1.165) is 22.9 Å². The largest absolute Gasteiger partial charge is 0.422 e. The van der Waals surface area contributed by atoms with Gasteiger partial charge >= 0.3 is 6.18 Å². The maximum Gasteiger partial charge on any atom is 0.422 e. The number of rotatable bonds is 11. The summed E-state index contributed by atoms with van der Waals surface area (Å²) in [5, 5.41) is 5.76. The van der Waals surface area contributed by atoms with Gasteiger partial charge in [0.15, 0.2) is 23.3 Å². The van der Waals surface area contributed by atoms with Crippen molar-refractivity contribution in [2.45, 2.75) is 16.3 Å². The lowest BCUT2D eigenvalue weighted by Gasteiger charge is -2.19. The molecule has 0 radical (unpaired) electrons. The van der Waals surface area contributed by atoms with Crippen molar-refractivity contribution in [2.24, 2.45) is 0 Å². The first-order valence-corrected chi connectivity index (χ1v) is 17.8. The Morgan fingerprint density at radius 1 is 0.596 bits per heavy atom. The van der Waals surface area contributed by atoms with Gasteiger partial charge in [0.1, 0.15) is 22.2 Å². The second kappa shape index (κ2) is 17.4. The smallest absolute Gasteiger partial charge is 0.321 e. The number of benzene rings is 6. The molecule has 0 spiro atoms. The van der Waals surface area contributed by atoms with Crippen molar-refractivity contribution in [1.29, 1.82) is 0 Å². The maximum atomic E-state index is 14.7. The van der Waals surface area contributed by atoms with Crippen molar-refractivity contribution in [3.05, 3.63) is 191 Å². The van der Waals surface area contributed by atoms with Gasteiger partial charge in [-0.2, -0.15) is 13.2 Å². The molecule has 6 aromatic carbocycles. The molecule has 3 N–H and O–H groups in total. The van der Waals surface area contributed by atoms with Crippen LogP contribution in [0, 0.1) is 23.3 Å². The summed E-state index contributed by atoms with van der Waals surface area (Å²) in [6.07, 6.45) is -4.24. The van der Waals surface area contributed by atoms with E-state index in [1.165, 1.54) is 42.5 Å². The molecule has 1 unspecified atom stereocenters. The highest BCUT2D eigenvalue weighted by molar-refractivity contribution is 8.00. The van der Waals surface area contributed by atoms with Crippen molar-refractivity contribution in [2.75, 3.05) is 10.6 Å². The Hall–Kier alpha value is -6.67. The lowest BCUT2D eigenvalue weighted by molar-refractivity contribution is -0.143. The predicted octanol–water partition coefficient (Wildman–Crippen LogP) is 10.8. The first-order valence-electron chi connectivity index (χ1n) is 16.9. The van der Waals surface area contributed by atoms with E-state index in [1.807, 2.05) is 42.5 Å². The van der Waals surface area contributed by atoms with Crippen molar-refractivity contribution >= 4 is 46.9 Å². The van der Waals surface area contributed by atoms with Gasteiger partial charge in [0.05, 0.1) is 0 Å². The SMILES string of the molecule is O=C(Nc1ccc(SC(C(=O)Nc2c(F)c(F)c(C(F)(F)F)c(F)c2F)c2ccccc2)cc1)/C(=C/c1ccc(-c2ccccc2)cc1)NC(=O)c1ccccc1. The topological polar surface area (TPSA) is 87.3 Å². The summed E-state index contributed by atoms with van der Waals surface area (Å²) in [4.78, 5) is 40.5. The Morgan fingerprint density at radius 3 is 1.68 bits per heavy atom. The molecule has 0 aliphatic heterocycles. The molecule has 0 aromatic heterocycles. The van der Waals surface area contributed by atoms with E-state index in [2.05, 4.69) is 10.6 Å². The molecule has 0 saturated heterocycles. The lowest BCUT2D eigenvalue weighted by Crippen LogP contribution is -2.30. The van der Waals surface area contributed by atoms with Crippen LogP contribution in [0.25, 0.3) is 17.2 Å². The summed E-state index contributed by atoms with van der Waals surface area (Å²) in [7, 11) is 0. The Bertz CT molecular complexity index is 2400. The van der Waals surface area contributed by atoms with E-state index in [4.69, 9.17) is 0 Å². The van der Waals surface area contributed by atoms with E-state index in [0.29, 0.717) is 16.0 Å². The van der Waals surface area contributed by atoms with E-state index in [1.54, 1.807) is 66.0 Å². The average Bonchev–Trinajstić information content (AvgIpc) is 3.21. The van der Waals surface area contributed by atoms with Crippen LogP contribution in [0.3, 0.4) is 0 Å². The predicted molar refractivity (Wildman–Crippen MR) is 204 cm³/mol. The van der Waals surface area contributed by atoms with Crippen LogP contribution in [0.4, 0.5) is 42.1 Å². The Morgan fingerprint density at radius 2 is 1.12 bits per heavy atom. The highest BCUT2D eigenvalue weighted by atomic mass is 32.2. The van der Waals surface area contributed by atoms with E-state index in [9.17, 15) is 45.1 Å². The number of carbonyl (C=O) groups excluding carboxylic acids is 3. The van der Waals surface area contributed by atoms with Gasteiger partial charge in [-0.05, 0) is 64.7 Å². The number of nitrogens with one attached hydrogen (secondary N) is 3. The summed E-state index contributed by atoms with van der Waals surface area (Å²) in [6, 6.07) is 38.9. The van der Waals surface area contributed by atoms with Gasteiger partial charge in [0.25, 0.3) is 11.8 Å². The first-order chi connectivity index (χ1) is 27.3. The molecule has 0 fully saturated rings. The molecule has 0 aliphatic carbocycles. The minimum atomic E-state index is -5.75. The number of halogens is 7. The number of alkyl halides is 3. The van der Waals surface area contributed by atoms with Gasteiger partial charge in [-0.25, -0.2) is 17.6 Å². The molecule has 288 valence electrons.